The van der Waals surface area contributed by atoms with E-state index in [1.54, 1.807) is 36.1 Å². The van der Waals surface area contributed by atoms with Crippen molar-refractivity contribution in [1.82, 2.24) is 4.90 Å². The first-order chi connectivity index (χ1) is 12.5. The van der Waals surface area contributed by atoms with E-state index in [4.69, 9.17) is 21.1 Å². The molecular formula is C20H22ClNO4. The number of amides is 1. The lowest BCUT2D eigenvalue weighted by molar-refractivity contribution is -0.147. The van der Waals surface area contributed by atoms with Crippen LogP contribution in [-0.2, 0) is 20.9 Å². The minimum absolute atomic E-state index is 0.123. The maximum atomic E-state index is 12.7. The molecule has 0 radical (unpaired) electrons. The maximum Gasteiger partial charge on any atom is 0.310 e. The van der Waals surface area contributed by atoms with Crippen molar-refractivity contribution in [2.75, 3.05) is 20.3 Å². The van der Waals surface area contributed by atoms with Gasteiger partial charge in [0.2, 0.25) is 0 Å². The fraction of sp³-hybridized carbons (Fsp3) is 0.300. The Balaban J connectivity index is 2.04. The Morgan fingerprint density at radius 1 is 1.08 bits per heavy atom. The van der Waals surface area contributed by atoms with Crippen LogP contribution in [0.3, 0.4) is 0 Å². The molecule has 0 N–H and O–H groups in total. The van der Waals surface area contributed by atoms with Crippen LogP contribution in [0, 0.1) is 5.92 Å². The Morgan fingerprint density at radius 2 is 1.73 bits per heavy atom. The Labute approximate surface area is 158 Å². The van der Waals surface area contributed by atoms with Crippen molar-refractivity contribution in [3.63, 3.8) is 0 Å². The van der Waals surface area contributed by atoms with E-state index in [0.717, 1.165) is 5.56 Å². The molecule has 2 rings (SSSR count). The molecular weight excluding hydrogens is 354 g/mol. The lowest BCUT2D eigenvalue weighted by Gasteiger charge is -2.25. The molecule has 0 bridgehead atoms. The molecule has 6 heteroatoms. The number of rotatable bonds is 8. The normalized spacial score (nSPS) is 11.5. The van der Waals surface area contributed by atoms with Crippen LogP contribution in [0.5, 0.6) is 5.75 Å². The summed E-state index contributed by atoms with van der Waals surface area (Å²) in [4.78, 5) is 26.0. The monoisotopic (exact) mass is 375 g/mol. The molecule has 0 aliphatic carbocycles. The van der Waals surface area contributed by atoms with Gasteiger partial charge in [0.25, 0.3) is 5.91 Å². The molecule has 1 amide bonds. The highest BCUT2D eigenvalue weighted by Crippen LogP contribution is 2.16. The summed E-state index contributed by atoms with van der Waals surface area (Å²) in [7, 11) is 1.34. The summed E-state index contributed by atoms with van der Waals surface area (Å²) < 4.78 is 10.3. The van der Waals surface area contributed by atoms with Gasteiger partial charge in [-0.15, -0.1) is 0 Å². The zero-order chi connectivity index (χ0) is 18.9. The number of esters is 1. The lowest BCUT2D eigenvalue weighted by atomic mass is 10.1. The van der Waals surface area contributed by atoms with Gasteiger partial charge in [0.1, 0.15) is 5.75 Å². The summed E-state index contributed by atoms with van der Waals surface area (Å²) in [5.74, 6) is -0.430. The number of benzene rings is 2. The van der Waals surface area contributed by atoms with Crippen molar-refractivity contribution in [2.45, 2.75) is 13.5 Å². The number of methoxy groups -OCH3 is 1. The number of carbonyl (C=O) groups is 2. The first kappa shape index (κ1) is 19.8. The molecule has 0 aliphatic heterocycles. The first-order valence-electron chi connectivity index (χ1n) is 8.27. The molecule has 26 heavy (non-hydrogen) atoms. The van der Waals surface area contributed by atoms with Crippen LogP contribution in [0.15, 0.2) is 54.6 Å². The quantitative estimate of drug-likeness (QED) is 0.662. The average molecular weight is 376 g/mol. The van der Waals surface area contributed by atoms with E-state index in [9.17, 15) is 9.59 Å². The number of carbonyl (C=O) groups excluding carboxylic acids is 2. The van der Waals surface area contributed by atoms with Gasteiger partial charge in [-0.3, -0.25) is 9.59 Å². The Bertz CT molecular complexity index is 718. The molecule has 5 nitrogen and oxygen atoms in total. The van der Waals surface area contributed by atoms with Crippen molar-refractivity contribution in [1.29, 1.82) is 0 Å². The second kappa shape index (κ2) is 9.82. The molecule has 0 aromatic heterocycles. The molecule has 1 unspecified atom stereocenters. The van der Waals surface area contributed by atoms with Crippen molar-refractivity contribution in [2.24, 2.45) is 5.92 Å². The number of hydrogen-bond acceptors (Lipinski definition) is 4. The molecule has 2 aromatic rings. The molecule has 0 saturated carbocycles. The second-order valence-electron chi connectivity index (χ2n) is 5.93. The minimum atomic E-state index is -0.428. The summed E-state index contributed by atoms with van der Waals surface area (Å²) >= 11 is 5.84. The van der Waals surface area contributed by atoms with Crippen molar-refractivity contribution >= 4 is 23.5 Å². The lowest BCUT2D eigenvalue weighted by Crippen LogP contribution is -2.39. The third-order valence-electron chi connectivity index (χ3n) is 3.84. The van der Waals surface area contributed by atoms with Gasteiger partial charge in [-0.25, -0.2) is 0 Å². The van der Waals surface area contributed by atoms with E-state index in [1.807, 2.05) is 30.3 Å². The van der Waals surface area contributed by atoms with E-state index >= 15 is 0 Å². The molecule has 138 valence electrons. The fourth-order valence-corrected chi connectivity index (χ4v) is 2.56. The third-order valence-corrected chi connectivity index (χ3v) is 4.09. The number of hydrogen-bond donors (Lipinski definition) is 0. The first-order valence-corrected chi connectivity index (χ1v) is 8.65. The maximum absolute atomic E-state index is 12.7. The van der Waals surface area contributed by atoms with Crippen LogP contribution in [0.1, 0.15) is 12.5 Å². The van der Waals surface area contributed by atoms with E-state index in [0.29, 0.717) is 17.3 Å². The van der Waals surface area contributed by atoms with E-state index in [1.165, 1.54) is 7.11 Å². The Morgan fingerprint density at radius 3 is 2.35 bits per heavy atom. The van der Waals surface area contributed by atoms with Gasteiger partial charge in [-0.05, 0) is 29.8 Å². The smallest absolute Gasteiger partial charge is 0.310 e. The Kier molecular flexibility index (Phi) is 7.48. The second-order valence-corrected chi connectivity index (χ2v) is 6.36. The zero-order valence-corrected chi connectivity index (χ0v) is 15.6. The highest BCUT2D eigenvalue weighted by atomic mass is 35.5. The average Bonchev–Trinajstić information content (AvgIpc) is 2.66. The molecule has 1 atom stereocenters. The summed E-state index contributed by atoms with van der Waals surface area (Å²) in [6.07, 6.45) is 0. The zero-order valence-electron chi connectivity index (χ0n) is 14.9. The highest BCUT2D eigenvalue weighted by Gasteiger charge is 2.22. The number of ether oxygens (including phenoxy) is 2. The highest BCUT2D eigenvalue weighted by molar-refractivity contribution is 6.30. The topological polar surface area (TPSA) is 55.8 Å². The largest absolute Gasteiger partial charge is 0.484 e. The van der Waals surface area contributed by atoms with Crippen molar-refractivity contribution < 1.29 is 19.1 Å². The van der Waals surface area contributed by atoms with E-state index in [2.05, 4.69) is 0 Å². The van der Waals surface area contributed by atoms with Crippen LogP contribution in [0.4, 0.5) is 0 Å². The molecule has 2 aromatic carbocycles. The summed E-state index contributed by atoms with van der Waals surface area (Å²) in [6, 6.07) is 16.4. The van der Waals surface area contributed by atoms with Crippen LogP contribution >= 0.6 is 11.6 Å². The molecule has 0 aliphatic rings. The van der Waals surface area contributed by atoms with Gasteiger partial charge in [0.05, 0.1) is 13.0 Å². The third kappa shape index (κ3) is 6.08. The van der Waals surface area contributed by atoms with Gasteiger partial charge in [-0.2, -0.15) is 0 Å². The van der Waals surface area contributed by atoms with Crippen molar-refractivity contribution in [3.05, 3.63) is 65.2 Å². The Hall–Kier alpha value is -2.53. The summed E-state index contributed by atoms with van der Waals surface area (Å²) in [5.41, 5.74) is 0.976. The SMILES string of the molecule is COC(=O)C(C)CN(Cc1ccccc1)C(=O)COc1ccc(Cl)cc1. The number of halogens is 1. The van der Waals surface area contributed by atoms with Gasteiger partial charge in [0.15, 0.2) is 6.61 Å². The predicted molar refractivity (Wildman–Crippen MR) is 100.0 cm³/mol. The molecule has 0 heterocycles. The molecule has 0 spiro atoms. The summed E-state index contributed by atoms with van der Waals surface area (Å²) in [6.45, 7) is 2.26. The van der Waals surface area contributed by atoms with Gasteiger partial charge >= 0.3 is 5.97 Å². The molecule has 0 saturated heterocycles. The van der Waals surface area contributed by atoms with Gasteiger partial charge < -0.3 is 14.4 Å². The predicted octanol–water partition coefficient (Wildman–Crippen LogP) is 3.56. The summed E-state index contributed by atoms with van der Waals surface area (Å²) in [5, 5.41) is 0.598. The van der Waals surface area contributed by atoms with Crippen LogP contribution < -0.4 is 4.74 Å². The van der Waals surface area contributed by atoms with Crippen LogP contribution in [0.2, 0.25) is 5.02 Å². The van der Waals surface area contributed by atoms with E-state index in [-0.39, 0.29) is 25.0 Å². The molecule has 0 fully saturated rings. The van der Waals surface area contributed by atoms with Crippen molar-refractivity contribution in [3.8, 4) is 5.75 Å². The standard InChI is InChI=1S/C20H22ClNO4/c1-15(20(24)25-2)12-22(13-16-6-4-3-5-7-16)19(23)14-26-18-10-8-17(21)9-11-18/h3-11,15H,12-14H2,1-2H3. The van der Waals surface area contributed by atoms with Gasteiger partial charge in [-0.1, -0.05) is 48.9 Å². The van der Waals surface area contributed by atoms with E-state index < -0.39 is 5.92 Å². The fourth-order valence-electron chi connectivity index (χ4n) is 2.43. The van der Waals surface area contributed by atoms with Crippen LogP contribution in [0.25, 0.3) is 0 Å². The number of nitrogens with zero attached hydrogens (tertiary/aromatic N) is 1. The minimum Gasteiger partial charge on any atom is -0.484 e. The van der Waals surface area contributed by atoms with Gasteiger partial charge in [0, 0.05) is 18.1 Å². The van der Waals surface area contributed by atoms with Crippen LogP contribution in [-0.4, -0.2) is 37.0 Å².